The summed E-state index contributed by atoms with van der Waals surface area (Å²) in [6.07, 6.45) is -0.0502. The van der Waals surface area contributed by atoms with Gasteiger partial charge in [0.2, 0.25) is 0 Å². The first-order valence-corrected chi connectivity index (χ1v) is 8.73. The fourth-order valence-electron chi connectivity index (χ4n) is 2.50. The van der Waals surface area contributed by atoms with Gasteiger partial charge in [-0.1, -0.05) is 12.1 Å². The van der Waals surface area contributed by atoms with Crippen molar-refractivity contribution >= 4 is 17.3 Å². The van der Waals surface area contributed by atoms with Crippen LogP contribution in [0.4, 0.5) is 0 Å². The van der Waals surface area contributed by atoms with Crippen LogP contribution in [-0.4, -0.2) is 37.2 Å². The number of para-hydroxylation sites is 2. The molecule has 1 atom stereocenters. The number of aliphatic imine (C=N–C) groups is 1. The van der Waals surface area contributed by atoms with Gasteiger partial charge in [0.25, 0.3) is 0 Å². The van der Waals surface area contributed by atoms with Gasteiger partial charge in [-0.2, -0.15) is 0 Å². The van der Waals surface area contributed by atoms with Crippen LogP contribution in [0.1, 0.15) is 15.6 Å². The van der Waals surface area contributed by atoms with Gasteiger partial charge in [0, 0.05) is 11.9 Å². The zero-order valence-electron chi connectivity index (χ0n) is 14.1. The topological polar surface area (TPSA) is 67.8 Å². The van der Waals surface area contributed by atoms with Gasteiger partial charge < -0.3 is 20.1 Å². The van der Waals surface area contributed by atoms with E-state index in [2.05, 4.69) is 20.6 Å². The Bertz CT molecular complexity index is 729. The molecule has 128 valence electrons. The van der Waals surface area contributed by atoms with Gasteiger partial charge in [-0.25, -0.2) is 4.98 Å². The van der Waals surface area contributed by atoms with Crippen LogP contribution in [0.5, 0.6) is 11.5 Å². The summed E-state index contributed by atoms with van der Waals surface area (Å²) in [5, 5.41) is 7.68. The molecule has 0 amide bonds. The predicted octanol–water partition coefficient (Wildman–Crippen LogP) is 2.26. The molecule has 24 heavy (non-hydrogen) atoms. The van der Waals surface area contributed by atoms with Gasteiger partial charge in [-0.05, 0) is 26.0 Å². The van der Waals surface area contributed by atoms with Crippen molar-refractivity contribution < 1.29 is 9.47 Å². The summed E-state index contributed by atoms with van der Waals surface area (Å²) in [5.74, 6) is 2.32. The predicted molar refractivity (Wildman–Crippen MR) is 96.1 cm³/mol. The number of guanidine groups is 1. The number of aryl methyl sites for hydroxylation is 2. The van der Waals surface area contributed by atoms with E-state index in [1.54, 1.807) is 18.4 Å². The SMILES string of the molecule is CN=C(NCc1sc(C)nc1C)NCC1COc2ccccc2O1. The van der Waals surface area contributed by atoms with E-state index in [4.69, 9.17) is 9.47 Å². The highest BCUT2D eigenvalue weighted by molar-refractivity contribution is 7.11. The van der Waals surface area contributed by atoms with E-state index >= 15 is 0 Å². The van der Waals surface area contributed by atoms with Crippen molar-refractivity contribution in [3.05, 3.63) is 39.8 Å². The summed E-state index contributed by atoms with van der Waals surface area (Å²) in [4.78, 5) is 9.91. The second-order valence-corrected chi connectivity index (χ2v) is 6.83. The van der Waals surface area contributed by atoms with E-state index in [0.717, 1.165) is 28.2 Å². The molecule has 0 spiro atoms. The molecular formula is C17H22N4O2S. The molecule has 7 heteroatoms. The van der Waals surface area contributed by atoms with Crippen LogP contribution in [0.25, 0.3) is 0 Å². The zero-order chi connectivity index (χ0) is 16.9. The van der Waals surface area contributed by atoms with Crippen LogP contribution < -0.4 is 20.1 Å². The van der Waals surface area contributed by atoms with Crippen LogP contribution in [0, 0.1) is 13.8 Å². The summed E-state index contributed by atoms with van der Waals surface area (Å²) in [6, 6.07) is 7.72. The Morgan fingerprint density at radius 2 is 2.08 bits per heavy atom. The van der Waals surface area contributed by atoms with Gasteiger partial charge in [0.1, 0.15) is 12.7 Å². The molecule has 6 nitrogen and oxygen atoms in total. The van der Waals surface area contributed by atoms with Crippen molar-refractivity contribution in [2.45, 2.75) is 26.5 Å². The van der Waals surface area contributed by atoms with E-state index in [1.165, 1.54) is 4.88 Å². The minimum absolute atomic E-state index is 0.0502. The fraction of sp³-hybridized carbons (Fsp3) is 0.412. The van der Waals surface area contributed by atoms with Crippen molar-refractivity contribution in [1.82, 2.24) is 15.6 Å². The summed E-state index contributed by atoms with van der Waals surface area (Å²) in [7, 11) is 1.76. The summed E-state index contributed by atoms with van der Waals surface area (Å²) in [6.45, 7) is 5.90. The molecule has 1 aromatic heterocycles. The first-order valence-electron chi connectivity index (χ1n) is 7.91. The van der Waals surface area contributed by atoms with Crippen LogP contribution in [0.3, 0.4) is 0 Å². The second-order valence-electron chi connectivity index (χ2n) is 5.55. The number of aromatic nitrogens is 1. The molecule has 1 aliphatic heterocycles. The van der Waals surface area contributed by atoms with E-state index < -0.39 is 0 Å². The number of rotatable bonds is 4. The number of nitrogens with one attached hydrogen (secondary N) is 2. The number of ether oxygens (including phenoxy) is 2. The maximum absolute atomic E-state index is 5.93. The molecule has 0 fully saturated rings. The Morgan fingerprint density at radius 3 is 2.79 bits per heavy atom. The summed E-state index contributed by atoms with van der Waals surface area (Å²) in [5.41, 5.74) is 1.07. The fourth-order valence-corrected chi connectivity index (χ4v) is 3.37. The maximum atomic E-state index is 5.93. The third-order valence-corrected chi connectivity index (χ3v) is 4.78. The Kier molecular flexibility index (Phi) is 5.20. The van der Waals surface area contributed by atoms with Crippen LogP contribution >= 0.6 is 11.3 Å². The number of fused-ring (bicyclic) bond motifs is 1. The molecule has 0 radical (unpaired) electrons. The molecule has 0 saturated heterocycles. The molecule has 2 aromatic rings. The third-order valence-electron chi connectivity index (χ3n) is 3.70. The molecular weight excluding hydrogens is 324 g/mol. The molecule has 2 N–H and O–H groups in total. The lowest BCUT2D eigenvalue weighted by molar-refractivity contribution is 0.0936. The normalized spacial score (nSPS) is 16.8. The molecule has 1 aromatic carbocycles. The molecule has 0 bridgehead atoms. The van der Waals surface area contributed by atoms with Crippen molar-refractivity contribution in [1.29, 1.82) is 0 Å². The smallest absolute Gasteiger partial charge is 0.191 e. The van der Waals surface area contributed by atoms with E-state index in [-0.39, 0.29) is 6.10 Å². The summed E-state index contributed by atoms with van der Waals surface area (Å²) < 4.78 is 11.7. The van der Waals surface area contributed by atoms with Gasteiger partial charge in [0.15, 0.2) is 17.5 Å². The lowest BCUT2D eigenvalue weighted by Gasteiger charge is -2.27. The summed E-state index contributed by atoms with van der Waals surface area (Å²) >= 11 is 1.70. The van der Waals surface area contributed by atoms with Crippen molar-refractivity contribution in [2.75, 3.05) is 20.2 Å². The highest BCUT2D eigenvalue weighted by Crippen LogP contribution is 2.30. The number of hydrogen-bond donors (Lipinski definition) is 2. The van der Waals surface area contributed by atoms with Gasteiger partial charge in [0.05, 0.1) is 23.8 Å². The van der Waals surface area contributed by atoms with E-state index in [0.29, 0.717) is 19.7 Å². The largest absolute Gasteiger partial charge is 0.486 e. The van der Waals surface area contributed by atoms with Crippen molar-refractivity contribution in [2.24, 2.45) is 4.99 Å². The molecule has 0 aliphatic carbocycles. The number of thiazole rings is 1. The minimum atomic E-state index is -0.0502. The quantitative estimate of drug-likeness (QED) is 0.657. The van der Waals surface area contributed by atoms with Gasteiger partial charge in [-0.3, -0.25) is 4.99 Å². The highest BCUT2D eigenvalue weighted by Gasteiger charge is 2.20. The zero-order valence-corrected chi connectivity index (χ0v) is 14.9. The minimum Gasteiger partial charge on any atom is -0.486 e. The van der Waals surface area contributed by atoms with E-state index in [1.807, 2.05) is 38.1 Å². The van der Waals surface area contributed by atoms with Crippen molar-refractivity contribution in [3.8, 4) is 11.5 Å². The molecule has 3 rings (SSSR count). The van der Waals surface area contributed by atoms with Crippen LogP contribution in [0.15, 0.2) is 29.3 Å². The lowest BCUT2D eigenvalue weighted by Crippen LogP contribution is -2.45. The number of hydrogen-bond acceptors (Lipinski definition) is 5. The van der Waals surface area contributed by atoms with Crippen LogP contribution in [0.2, 0.25) is 0 Å². The van der Waals surface area contributed by atoms with Gasteiger partial charge in [-0.15, -0.1) is 11.3 Å². The molecule has 1 unspecified atom stereocenters. The lowest BCUT2D eigenvalue weighted by atomic mass is 10.2. The molecule has 0 saturated carbocycles. The monoisotopic (exact) mass is 346 g/mol. The Labute approximate surface area is 145 Å². The third kappa shape index (κ3) is 3.97. The average Bonchev–Trinajstić information content (AvgIpc) is 2.92. The molecule has 2 heterocycles. The number of nitrogens with zero attached hydrogens (tertiary/aromatic N) is 2. The maximum Gasteiger partial charge on any atom is 0.191 e. The Morgan fingerprint density at radius 1 is 1.29 bits per heavy atom. The van der Waals surface area contributed by atoms with Crippen molar-refractivity contribution in [3.63, 3.8) is 0 Å². The standard InChI is InChI=1S/C17H22N4O2S/c1-11-16(24-12(2)21-11)9-20-17(18-3)19-8-13-10-22-14-6-4-5-7-15(14)23-13/h4-7,13H,8-10H2,1-3H3,(H2,18,19,20). The molecule has 1 aliphatic rings. The van der Waals surface area contributed by atoms with Crippen LogP contribution in [-0.2, 0) is 6.54 Å². The second kappa shape index (κ2) is 7.53. The van der Waals surface area contributed by atoms with E-state index in [9.17, 15) is 0 Å². The first kappa shape index (κ1) is 16.6. The first-order chi connectivity index (χ1) is 11.7. The highest BCUT2D eigenvalue weighted by atomic mass is 32.1. The Balaban J connectivity index is 1.49. The average molecular weight is 346 g/mol. The van der Waals surface area contributed by atoms with Gasteiger partial charge >= 0.3 is 0 Å². The number of benzene rings is 1. The Hall–Kier alpha value is -2.28.